The Bertz CT molecular complexity index is 656. The van der Waals surface area contributed by atoms with E-state index in [-0.39, 0.29) is 0 Å². The van der Waals surface area contributed by atoms with Gasteiger partial charge < -0.3 is 10.1 Å². The molecule has 5 heteroatoms. The van der Waals surface area contributed by atoms with Crippen LogP contribution in [0.2, 0.25) is 15.1 Å². The third-order valence-electron chi connectivity index (χ3n) is 3.30. The van der Waals surface area contributed by atoms with E-state index >= 15 is 0 Å². The summed E-state index contributed by atoms with van der Waals surface area (Å²) in [5, 5.41) is 5.18. The van der Waals surface area contributed by atoms with E-state index in [0.717, 1.165) is 12.1 Å². The normalized spacial score (nSPS) is 14.2. The molecule has 2 nitrogen and oxygen atoms in total. The van der Waals surface area contributed by atoms with E-state index < -0.39 is 0 Å². The van der Waals surface area contributed by atoms with Crippen molar-refractivity contribution >= 4 is 34.8 Å². The molecule has 0 aromatic heterocycles. The van der Waals surface area contributed by atoms with Gasteiger partial charge in [-0.15, -0.1) is 0 Å². The highest BCUT2D eigenvalue weighted by atomic mass is 35.5. The van der Waals surface area contributed by atoms with Gasteiger partial charge in [0.15, 0.2) is 0 Å². The van der Waals surface area contributed by atoms with Crippen molar-refractivity contribution in [2.45, 2.75) is 25.4 Å². The van der Waals surface area contributed by atoms with Gasteiger partial charge in [0.1, 0.15) is 11.5 Å². The topological polar surface area (TPSA) is 21.3 Å². The van der Waals surface area contributed by atoms with Crippen LogP contribution in [0.5, 0.6) is 11.5 Å². The van der Waals surface area contributed by atoms with Crippen molar-refractivity contribution in [1.82, 2.24) is 5.32 Å². The van der Waals surface area contributed by atoms with Gasteiger partial charge in [-0.25, -0.2) is 0 Å². The van der Waals surface area contributed by atoms with Crippen LogP contribution in [0.3, 0.4) is 0 Å². The average molecular weight is 343 g/mol. The highest BCUT2D eigenvalue weighted by Gasteiger charge is 2.21. The summed E-state index contributed by atoms with van der Waals surface area (Å²) in [5.74, 6) is 1.22. The van der Waals surface area contributed by atoms with Crippen LogP contribution in [0.25, 0.3) is 0 Å². The first-order valence-electron chi connectivity index (χ1n) is 6.76. The summed E-state index contributed by atoms with van der Waals surface area (Å²) in [6.07, 6.45) is 2.48. The maximum atomic E-state index is 6.14. The predicted octanol–water partition coefficient (Wildman–Crippen LogP) is 5.69. The molecule has 0 bridgehead atoms. The van der Waals surface area contributed by atoms with Gasteiger partial charge in [-0.2, -0.15) is 0 Å². The lowest BCUT2D eigenvalue weighted by molar-refractivity contribution is 0.473. The quantitative estimate of drug-likeness (QED) is 0.753. The van der Waals surface area contributed by atoms with Crippen molar-refractivity contribution < 1.29 is 4.74 Å². The van der Waals surface area contributed by atoms with Crippen molar-refractivity contribution in [3.8, 4) is 11.5 Å². The molecule has 1 N–H and O–H groups in total. The van der Waals surface area contributed by atoms with Crippen molar-refractivity contribution in [3.05, 3.63) is 57.0 Å². The minimum atomic E-state index is 0.514. The lowest BCUT2D eigenvalue weighted by atomic mass is 10.2. The Balaban J connectivity index is 1.85. The van der Waals surface area contributed by atoms with Crippen LogP contribution < -0.4 is 10.1 Å². The maximum Gasteiger partial charge on any atom is 0.147 e. The molecule has 0 aliphatic heterocycles. The standard InChI is InChI=1S/C16H14Cl3NO/c17-11-2-1-10(9-20-13-4-5-13)15(7-11)21-16-8-12(18)3-6-14(16)19/h1-3,6-8,13,20H,4-5,9H2. The number of rotatable bonds is 5. The van der Waals surface area contributed by atoms with Crippen LogP contribution >= 0.6 is 34.8 Å². The Morgan fingerprint density at radius 2 is 1.62 bits per heavy atom. The van der Waals surface area contributed by atoms with E-state index in [1.807, 2.05) is 12.1 Å². The second kappa shape index (κ2) is 6.45. The zero-order valence-corrected chi connectivity index (χ0v) is 13.5. The number of nitrogens with one attached hydrogen (secondary N) is 1. The maximum absolute atomic E-state index is 6.14. The molecule has 1 fully saturated rings. The third-order valence-corrected chi connectivity index (χ3v) is 4.08. The van der Waals surface area contributed by atoms with E-state index in [1.165, 1.54) is 12.8 Å². The van der Waals surface area contributed by atoms with E-state index in [0.29, 0.717) is 32.6 Å². The Hall–Kier alpha value is -0.930. The summed E-state index contributed by atoms with van der Waals surface area (Å²) in [6.45, 7) is 0.745. The molecular weight excluding hydrogens is 329 g/mol. The van der Waals surface area contributed by atoms with Gasteiger partial charge in [-0.05, 0) is 37.1 Å². The van der Waals surface area contributed by atoms with Crippen LogP contribution in [0.15, 0.2) is 36.4 Å². The van der Waals surface area contributed by atoms with Crippen LogP contribution in [0.1, 0.15) is 18.4 Å². The fraction of sp³-hybridized carbons (Fsp3) is 0.250. The van der Waals surface area contributed by atoms with E-state index in [1.54, 1.807) is 24.3 Å². The van der Waals surface area contributed by atoms with Gasteiger partial charge in [0.05, 0.1) is 5.02 Å². The monoisotopic (exact) mass is 341 g/mol. The first-order valence-corrected chi connectivity index (χ1v) is 7.90. The van der Waals surface area contributed by atoms with Crippen LogP contribution in [0.4, 0.5) is 0 Å². The van der Waals surface area contributed by atoms with Gasteiger partial charge in [0, 0.05) is 34.3 Å². The first kappa shape index (κ1) is 15.0. The van der Waals surface area contributed by atoms with Crippen LogP contribution in [-0.2, 0) is 6.54 Å². The molecule has 1 saturated carbocycles. The molecule has 0 saturated heterocycles. The van der Waals surface area contributed by atoms with Gasteiger partial charge in [-0.3, -0.25) is 0 Å². The van der Waals surface area contributed by atoms with E-state index in [4.69, 9.17) is 39.5 Å². The predicted molar refractivity (Wildman–Crippen MR) is 87.8 cm³/mol. The minimum absolute atomic E-state index is 0.514. The summed E-state index contributed by atoms with van der Waals surface area (Å²) in [5.41, 5.74) is 1.04. The Labute approximate surface area is 139 Å². The second-order valence-electron chi connectivity index (χ2n) is 5.08. The summed E-state index contributed by atoms with van der Waals surface area (Å²) >= 11 is 18.2. The molecule has 1 aliphatic rings. The molecule has 110 valence electrons. The van der Waals surface area contributed by atoms with Gasteiger partial charge >= 0.3 is 0 Å². The number of benzene rings is 2. The molecule has 0 radical (unpaired) electrons. The Morgan fingerprint density at radius 3 is 2.33 bits per heavy atom. The van der Waals surface area contributed by atoms with Gasteiger partial charge in [-0.1, -0.05) is 40.9 Å². The highest BCUT2D eigenvalue weighted by molar-refractivity contribution is 6.34. The fourth-order valence-corrected chi connectivity index (χ4v) is 2.47. The summed E-state index contributed by atoms with van der Waals surface area (Å²) in [6, 6.07) is 11.4. The lowest BCUT2D eigenvalue weighted by Crippen LogP contribution is -2.15. The molecule has 0 spiro atoms. The smallest absolute Gasteiger partial charge is 0.147 e. The number of halogens is 3. The lowest BCUT2D eigenvalue weighted by Gasteiger charge is -2.13. The summed E-state index contributed by atoms with van der Waals surface area (Å²) < 4.78 is 5.91. The number of hydrogen-bond donors (Lipinski definition) is 1. The molecule has 1 aliphatic carbocycles. The van der Waals surface area contributed by atoms with Crippen molar-refractivity contribution in [2.24, 2.45) is 0 Å². The average Bonchev–Trinajstić information content (AvgIpc) is 3.26. The fourth-order valence-electron chi connectivity index (χ4n) is 1.99. The zero-order chi connectivity index (χ0) is 14.8. The Kier molecular flexibility index (Phi) is 4.60. The van der Waals surface area contributed by atoms with E-state index in [2.05, 4.69) is 5.32 Å². The first-order chi connectivity index (χ1) is 10.1. The molecule has 0 unspecified atom stereocenters. The molecular formula is C16H14Cl3NO. The molecule has 3 rings (SSSR count). The van der Waals surface area contributed by atoms with Crippen molar-refractivity contribution in [3.63, 3.8) is 0 Å². The molecule has 0 amide bonds. The van der Waals surface area contributed by atoms with E-state index in [9.17, 15) is 0 Å². The van der Waals surface area contributed by atoms with Gasteiger partial charge in [0.2, 0.25) is 0 Å². The minimum Gasteiger partial charge on any atom is -0.455 e. The number of ether oxygens (including phenoxy) is 1. The molecule has 0 atom stereocenters. The third kappa shape index (κ3) is 4.04. The SMILES string of the molecule is Clc1ccc(Cl)c(Oc2cc(Cl)ccc2CNC2CC2)c1. The molecule has 0 heterocycles. The largest absolute Gasteiger partial charge is 0.455 e. The molecule has 2 aromatic rings. The van der Waals surface area contributed by atoms with Crippen molar-refractivity contribution in [1.29, 1.82) is 0 Å². The molecule has 21 heavy (non-hydrogen) atoms. The second-order valence-corrected chi connectivity index (χ2v) is 6.36. The highest BCUT2D eigenvalue weighted by Crippen LogP contribution is 2.35. The van der Waals surface area contributed by atoms with Gasteiger partial charge in [0.25, 0.3) is 0 Å². The summed E-state index contributed by atoms with van der Waals surface area (Å²) in [7, 11) is 0. The molecule has 2 aromatic carbocycles. The zero-order valence-electron chi connectivity index (χ0n) is 11.2. The van der Waals surface area contributed by atoms with Crippen LogP contribution in [0, 0.1) is 0 Å². The summed E-state index contributed by atoms with van der Waals surface area (Å²) in [4.78, 5) is 0. The van der Waals surface area contributed by atoms with Crippen LogP contribution in [-0.4, -0.2) is 6.04 Å². The Morgan fingerprint density at radius 1 is 0.952 bits per heavy atom. The number of hydrogen-bond acceptors (Lipinski definition) is 2. The van der Waals surface area contributed by atoms with Crippen molar-refractivity contribution in [2.75, 3.05) is 0 Å².